The number of benzene rings is 1. The minimum atomic E-state index is 0.587. The highest BCUT2D eigenvalue weighted by molar-refractivity contribution is 7.80. The van der Waals surface area contributed by atoms with Gasteiger partial charge in [0.2, 0.25) is 0 Å². The van der Waals surface area contributed by atoms with Crippen LogP contribution in [-0.4, -0.2) is 30.4 Å². The molecule has 74 valence electrons. The minimum absolute atomic E-state index is 0.587. The summed E-state index contributed by atoms with van der Waals surface area (Å²) in [5.41, 5.74) is 1.01. The molecule has 0 heterocycles. The van der Waals surface area contributed by atoms with E-state index in [2.05, 4.69) is 29.5 Å². The van der Waals surface area contributed by atoms with Crippen LogP contribution in [0.15, 0.2) is 40.5 Å². The maximum atomic E-state index is 4.18. The molecule has 3 nitrogen and oxygen atoms in total. The number of hydrogen-bond donors (Lipinski definition) is 1. The maximum Gasteiger partial charge on any atom is 0.158 e. The van der Waals surface area contributed by atoms with E-state index in [9.17, 15) is 0 Å². The van der Waals surface area contributed by atoms with Gasteiger partial charge in [0.15, 0.2) is 5.84 Å². The molecule has 0 spiro atoms. The van der Waals surface area contributed by atoms with Gasteiger partial charge in [0.25, 0.3) is 0 Å². The van der Waals surface area contributed by atoms with Gasteiger partial charge in [-0.1, -0.05) is 30.3 Å². The van der Waals surface area contributed by atoms with Crippen molar-refractivity contribution in [3.63, 3.8) is 0 Å². The van der Waals surface area contributed by atoms with Crippen LogP contribution in [0.4, 0.5) is 0 Å². The molecule has 0 fully saturated rings. The quantitative estimate of drug-likeness (QED) is 0.265. The van der Waals surface area contributed by atoms with Crippen LogP contribution < -0.4 is 0 Å². The van der Waals surface area contributed by atoms with E-state index in [0.29, 0.717) is 5.88 Å². The molecule has 0 saturated carbocycles. The van der Waals surface area contributed by atoms with Crippen molar-refractivity contribution in [3.8, 4) is 0 Å². The number of nitrogens with zero attached hydrogens (tertiary/aromatic N) is 3. The molecular formula is C10H13N3S. The lowest BCUT2D eigenvalue weighted by molar-refractivity contribution is 0.599. The molecule has 0 N–H and O–H groups in total. The Bertz CT molecular complexity index is 321. The van der Waals surface area contributed by atoms with E-state index >= 15 is 0 Å². The molecule has 4 heteroatoms. The van der Waals surface area contributed by atoms with Crippen molar-refractivity contribution in [2.75, 3.05) is 12.9 Å². The molecule has 1 aromatic carbocycles. The van der Waals surface area contributed by atoms with E-state index in [0.717, 1.165) is 11.4 Å². The highest BCUT2D eigenvalue weighted by Crippen LogP contribution is 2.05. The molecule has 0 unspecified atom stereocenters. The van der Waals surface area contributed by atoms with Crippen molar-refractivity contribution in [2.24, 2.45) is 10.2 Å². The van der Waals surface area contributed by atoms with Crippen LogP contribution in [-0.2, 0) is 0 Å². The number of amidine groups is 1. The first-order chi connectivity index (χ1) is 6.79. The lowest BCUT2D eigenvalue weighted by Gasteiger charge is -2.17. The third kappa shape index (κ3) is 2.60. The Morgan fingerprint density at radius 2 is 2.07 bits per heavy atom. The van der Waals surface area contributed by atoms with Gasteiger partial charge in [-0.25, -0.2) is 0 Å². The van der Waals surface area contributed by atoms with Gasteiger partial charge in [-0.05, 0) is 0 Å². The fourth-order valence-electron chi connectivity index (χ4n) is 1.08. The van der Waals surface area contributed by atoms with Gasteiger partial charge in [0.05, 0.1) is 5.88 Å². The number of rotatable bonds is 3. The standard InChI is InChI=1S/C10H13N3S/c1-11-12-10(13(2)8-14)9-6-4-3-5-7-9/h3-7,14H,1,8H2,2H3/b12-10-. The van der Waals surface area contributed by atoms with Gasteiger partial charge in [-0.3, -0.25) is 0 Å². The topological polar surface area (TPSA) is 28.0 Å². The van der Waals surface area contributed by atoms with Crippen molar-refractivity contribution in [3.05, 3.63) is 35.9 Å². The molecule has 0 atom stereocenters. The maximum absolute atomic E-state index is 4.18. The summed E-state index contributed by atoms with van der Waals surface area (Å²) >= 11 is 4.18. The highest BCUT2D eigenvalue weighted by Gasteiger charge is 2.06. The third-order valence-corrected chi connectivity index (χ3v) is 2.20. The molecule has 14 heavy (non-hydrogen) atoms. The first-order valence-electron chi connectivity index (χ1n) is 4.20. The summed E-state index contributed by atoms with van der Waals surface area (Å²) in [5.74, 6) is 1.36. The first-order valence-corrected chi connectivity index (χ1v) is 4.84. The molecule has 1 rings (SSSR count). The Morgan fingerprint density at radius 3 is 2.57 bits per heavy atom. The van der Waals surface area contributed by atoms with Crippen LogP contribution >= 0.6 is 12.6 Å². The average Bonchev–Trinajstić information content (AvgIpc) is 2.26. The van der Waals surface area contributed by atoms with E-state index in [1.807, 2.05) is 42.3 Å². The zero-order chi connectivity index (χ0) is 10.4. The van der Waals surface area contributed by atoms with Gasteiger partial charge in [-0.2, -0.15) is 17.7 Å². The molecule has 0 radical (unpaired) electrons. The van der Waals surface area contributed by atoms with Gasteiger partial charge < -0.3 is 4.90 Å². The molecule has 0 aliphatic rings. The summed E-state index contributed by atoms with van der Waals surface area (Å²) in [6, 6.07) is 9.83. The fraction of sp³-hybridized carbons (Fsp3) is 0.200. The molecule has 1 aromatic rings. The summed E-state index contributed by atoms with van der Waals surface area (Å²) in [6.07, 6.45) is 0. The Hall–Kier alpha value is -1.29. The second-order valence-corrected chi connectivity index (χ2v) is 3.05. The van der Waals surface area contributed by atoms with Gasteiger partial charge in [0.1, 0.15) is 0 Å². The van der Waals surface area contributed by atoms with Crippen LogP contribution in [0.3, 0.4) is 0 Å². The molecule has 0 saturated heterocycles. The van der Waals surface area contributed by atoms with Crippen molar-refractivity contribution < 1.29 is 0 Å². The van der Waals surface area contributed by atoms with E-state index in [4.69, 9.17) is 0 Å². The Kier molecular flexibility index (Phi) is 4.19. The molecule has 0 aliphatic heterocycles. The molecular weight excluding hydrogens is 194 g/mol. The fourth-order valence-corrected chi connectivity index (χ4v) is 1.21. The average molecular weight is 207 g/mol. The Morgan fingerprint density at radius 1 is 1.43 bits per heavy atom. The van der Waals surface area contributed by atoms with Gasteiger partial charge in [-0.15, -0.1) is 5.10 Å². The summed E-state index contributed by atoms with van der Waals surface area (Å²) < 4.78 is 0. The van der Waals surface area contributed by atoms with Gasteiger partial charge >= 0.3 is 0 Å². The smallest absolute Gasteiger partial charge is 0.158 e. The minimum Gasteiger partial charge on any atom is -0.349 e. The van der Waals surface area contributed by atoms with Crippen molar-refractivity contribution in [1.29, 1.82) is 0 Å². The molecule has 0 bridgehead atoms. The van der Waals surface area contributed by atoms with Crippen LogP contribution in [0.1, 0.15) is 5.56 Å². The molecule has 0 aromatic heterocycles. The monoisotopic (exact) mass is 207 g/mol. The summed E-state index contributed by atoms with van der Waals surface area (Å²) in [7, 11) is 1.91. The lowest BCUT2D eigenvalue weighted by atomic mass is 10.2. The second kappa shape index (κ2) is 5.44. The summed E-state index contributed by atoms with van der Waals surface area (Å²) in [5, 5.41) is 7.52. The zero-order valence-electron chi connectivity index (χ0n) is 8.09. The number of hydrogen-bond acceptors (Lipinski definition) is 3. The van der Waals surface area contributed by atoms with Crippen LogP contribution in [0.2, 0.25) is 0 Å². The highest BCUT2D eigenvalue weighted by atomic mass is 32.1. The lowest BCUT2D eigenvalue weighted by Crippen LogP contribution is -2.26. The Labute approximate surface area is 89.6 Å². The molecule has 0 amide bonds. The molecule has 0 aliphatic carbocycles. The van der Waals surface area contributed by atoms with Crippen molar-refractivity contribution in [2.45, 2.75) is 0 Å². The third-order valence-electron chi connectivity index (χ3n) is 1.77. The van der Waals surface area contributed by atoms with Crippen molar-refractivity contribution in [1.82, 2.24) is 4.90 Å². The van der Waals surface area contributed by atoms with Crippen LogP contribution in [0.25, 0.3) is 0 Å². The summed E-state index contributed by atoms with van der Waals surface area (Å²) in [4.78, 5) is 1.90. The largest absolute Gasteiger partial charge is 0.349 e. The predicted molar refractivity (Wildman–Crippen MR) is 64.1 cm³/mol. The summed E-state index contributed by atoms with van der Waals surface area (Å²) in [6.45, 7) is 3.35. The van der Waals surface area contributed by atoms with E-state index < -0.39 is 0 Å². The van der Waals surface area contributed by atoms with Crippen LogP contribution in [0, 0.1) is 0 Å². The first kappa shape index (κ1) is 10.8. The van der Waals surface area contributed by atoms with Gasteiger partial charge in [0, 0.05) is 19.3 Å². The number of thiol groups is 1. The normalized spacial score (nSPS) is 11.1. The predicted octanol–water partition coefficient (Wildman–Crippen LogP) is 1.87. The second-order valence-electron chi connectivity index (χ2n) is 2.77. The van der Waals surface area contributed by atoms with E-state index in [-0.39, 0.29) is 0 Å². The zero-order valence-corrected chi connectivity index (χ0v) is 8.98. The Balaban J connectivity index is 3.01. The van der Waals surface area contributed by atoms with E-state index in [1.165, 1.54) is 0 Å². The van der Waals surface area contributed by atoms with Crippen LogP contribution in [0.5, 0.6) is 0 Å². The van der Waals surface area contributed by atoms with E-state index in [1.54, 1.807) is 0 Å². The van der Waals surface area contributed by atoms with Crippen molar-refractivity contribution >= 4 is 25.2 Å². The SMILES string of the molecule is C=N/N=C(/c1ccccc1)N(C)CS.